The molecule has 128 valence electrons. The predicted octanol–water partition coefficient (Wildman–Crippen LogP) is 1.66. The molecular weight excluding hydrogens is 310 g/mol. The van der Waals surface area contributed by atoms with Crippen molar-refractivity contribution in [2.24, 2.45) is 11.7 Å². The molecule has 0 radical (unpaired) electrons. The van der Waals surface area contributed by atoms with Crippen LogP contribution in [0.5, 0.6) is 0 Å². The van der Waals surface area contributed by atoms with E-state index in [9.17, 15) is 4.79 Å². The van der Waals surface area contributed by atoms with Crippen LogP contribution in [-0.2, 0) is 11.2 Å². The standard InChI is InChI=1S/C16H27N5OS/c1-3-13-18-15(23-19-13)21-10-8-20(9-11-21)14(22)12-6-4-5-7-16(12,2)17/h12H,3-11,17H2,1-2H3. The molecule has 2 N–H and O–H groups in total. The summed E-state index contributed by atoms with van der Waals surface area (Å²) in [4.78, 5) is 21.6. The van der Waals surface area contributed by atoms with Crippen LogP contribution in [0.25, 0.3) is 0 Å². The van der Waals surface area contributed by atoms with E-state index in [-0.39, 0.29) is 17.4 Å². The molecule has 6 nitrogen and oxygen atoms in total. The van der Waals surface area contributed by atoms with Crippen molar-refractivity contribution in [2.75, 3.05) is 31.1 Å². The van der Waals surface area contributed by atoms with Crippen LogP contribution in [0.4, 0.5) is 5.13 Å². The maximum atomic E-state index is 12.9. The average molecular weight is 337 g/mol. The second kappa shape index (κ2) is 6.73. The van der Waals surface area contributed by atoms with Gasteiger partial charge in [-0.05, 0) is 19.8 Å². The zero-order valence-corrected chi connectivity index (χ0v) is 14.9. The molecule has 2 fully saturated rings. The van der Waals surface area contributed by atoms with Crippen LogP contribution in [0, 0.1) is 5.92 Å². The molecule has 23 heavy (non-hydrogen) atoms. The number of piperazine rings is 1. The summed E-state index contributed by atoms with van der Waals surface area (Å²) in [6.07, 6.45) is 5.01. The van der Waals surface area contributed by atoms with Crippen molar-refractivity contribution < 1.29 is 4.79 Å². The van der Waals surface area contributed by atoms with Crippen LogP contribution in [0.15, 0.2) is 0 Å². The molecule has 1 aromatic heterocycles. The van der Waals surface area contributed by atoms with Gasteiger partial charge in [0.1, 0.15) is 5.82 Å². The Balaban J connectivity index is 1.59. The van der Waals surface area contributed by atoms with E-state index < -0.39 is 0 Å². The minimum Gasteiger partial charge on any atom is -0.343 e. The topological polar surface area (TPSA) is 75.4 Å². The molecule has 3 rings (SSSR count). The van der Waals surface area contributed by atoms with Gasteiger partial charge in [-0.1, -0.05) is 19.8 Å². The molecule has 7 heteroatoms. The second-order valence-corrected chi connectivity index (χ2v) is 7.69. The molecule has 2 atom stereocenters. The third-order valence-electron chi connectivity index (χ3n) is 5.19. The van der Waals surface area contributed by atoms with Gasteiger partial charge in [-0.2, -0.15) is 4.37 Å². The van der Waals surface area contributed by atoms with Crippen molar-refractivity contribution in [2.45, 2.75) is 51.5 Å². The van der Waals surface area contributed by atoms with Crippen molar-refractivity contribution in [3.05, 3.63) is 5.82 Å². The zero-order chi connectivity index (χ0) is 16.4. The largest absolute Gasteiger partial charge is 0.343 e. The maximum Gasteiger partial charge on any atom is 0.227 e. The van der Waals surface area contributed by atoms with E-state index in [0.29, 0.717) is 0 Å². The Kier molecular flexibility index (Phi) is 4.87. The maximum absolute atomic E-state index is 12.9. The third kappa shape index (κ3) is 3.50. The number of rotatable bonds is 3. The number of aromatic nitrogens is 2. The fourth-order valence-corrected chi connectivity index (χ4v) is 4.42. The van der Waals surface area contributed by atoms with E-state index in [1.165, 1.54) is 11.5 Å². The first-order valence-electron chi connectivity index (χ1n) is 8.66. The van der Waals surface area contributed by atoms with E-state index in [0.717, 1.165) is 69.2 Å². The van der Waals surface area contributed by atoms with Crippen molar-refractivity contribution in [1.29, 1.82) is 0 Å². The van der Waals surface area contributed by atoms with Gasteiger partial charge in [-0.15, -0.1) is 0 Å². The highest BCUT2D eigenvalue weighted by molar-refractivity contribution is 7.09. The van der Waals surface area contributed by atoms with Crippen molar-refractivity contribution in [3.63, 3.8) is 0 Å². The van der Waals surface area contributed by atoms with E-state index >= 15 is 0 Å². The fraction of sp³-hybridized carbons (Fsp3) is 0.812. The average Bonchev–Trinajstić information content (AvgIpc) is 3.03. The summed E-state index contributed by atoms with van der Waals surface area (Å²) in [7, 11) is 0. The van der Waals surface area contributed by atoms with E-state index in [2.05, 4.69) is 21.2 Å². The number of nitrogens with zero attached hydrogens (tertiary/aromatic N) is 4. The number of hydrogen-bond acceptors (Lipinski definition) is 6. The molecule has 2 heterocycles. The Morgan fingerprint density at radius 3 is 2.70 bits per heavy atom. The van der Waals surface area contributed by atoms with E-state index in [1.54, 1.807) is 0 Å². The fourth-order valence-electron chi connectivity index (χ4n) is 3.62. The normalized spacial score (nSPS) is 28.9. The van der Waals surface area contributed by atoms with Gasteiger partial charge in [0.25, 0.3) is 0 Å². The summed E-state index contributed by atoms with van der Waals surface area (Å²) in [6, 6.07) is 0. The lowest BCUT2D eigenvalue weighted by molar-refractivity contribution is -0.139. The first-order chi connectivity index (χ1) is 11.0. The summed E-state index contributed by atoms with van der Waals surface area (Å²) < 4.78 is 4.35. The summed E-state index contributed by atoms with van der Waals surface area (Å²) in [5.41, 5.74) is 6.05. The van der Waals surface area contributed by atoms with Crippen LogP contribution in [0.3, 0.4) is 0 Å². The first-order valence-corrected chi connectivity index (χ1v) is 9.44. The number of aryl methyl sites for hydroxylation is 1. The van der Waals surface area contributed by atoms with Crippen molar-refractivity contribution >= 4 is 22.6 Å². The minimum absolute atomic E-state index is 0.0176. The molecule has 0 spiro atoms. The molecule has 1 saturated heterocycles. The van der Waals surface area contributed by atoms with E-state index in [4.69, 9.17) is 5.73 Å². The monoisotopic (exact) mass is 337 g/mol. The molecule has 1 aliphatic carbocycles. The van der Waals surface area contributed by atoms with E-state index in [1.807, 2.05) is 11.8 Å². The molecule has 0 bridgehead atoms. The van der Waals surface area contributed by atoms with Crippen molar-refractivity contribution in [3.8, 4) is 0 Å². The molecule has 1 amide bonds. The second-order valence-electron chi connectivity index (χ2n) is 6.96. The summed E-state index contributed by atoms with van der Waals surface area (Å²) in [5, 5.41) is 0.982. The summed E-state index contributed by atoms with van der Waals surface area (Å²) >= 11 is 1.46. The number of hydrogen-bond donors (Lipinski definition) is 1. The number of carbonyl (C=O) groups excluding carboxylic acids is 1. The Morgan fingerprint density at radius 1 is 1.35 bits per heavy atom. The highest BCUT2D eigenvalue weighted by Crippen LogP contribution is 2.33. The van der Waals surface area contributed by atoms with Crippen molar-refractivity contribution in [1.82, 2.24) is 14.3 Å². The van der Waals surface area contributed by atoms with Gasteiger partial charge in [0.15, 0.2) is 0 Å². The molecule has 2 aliphatic rings. The lowest BCUT2D eigenvalue weighted by atomic mass is 9.74. The van der Waals surface area contributed by atoms with Crippen LogP contribution in [0.2, 0.25) is 0 Å². The van der Waals surface area contributed by atoms with Crippen LogP contribution < -0.4 is 10.6 Å². The van der Waals surface area contributed by atoms with Crippen LogP contribution in [0.1, 0.15) is 45.4 Å². The lowest BCUT2D eigenvalue weighted by Crippen LogP contribution is -2.57. The summed E-state index contributed by atoms with van der Waals surface area (Å²) in [5.74, 6) is 1.14. The molecule has 1 aromatic rings. The van der Waals surface area contributed by atoms with Gasteiger partial charge >= 0.3 is 0 Å². The van der Waals surface area contributed by atoms with Gasteiger partial charge < -0.3 is 15.5 Å². The number of amides is 1. The number of carbonyl (C=O) groups is 1. The van der Waals surface area contributed by atoms with Gasteiger partial charge in [-0.3, -0.25) is 4.79 Å². The Labute approximate surface area is 142 Å². The SMILES string of the molecule is CCc1nsc(N2CCN(C(=O)C3CCCCC3(C)N)CC2)n1. The lowest BCUT2D eigenvalue weighted by Gasteiger charge is -2.42. The van der Waals surface area contributed by atoms with Gasteiger partial charge in [0, 0.05) is 49.7 Å². The Morgan fingerprint density at radius 2 is 2.09 bits per heavy atom. The molecule has 0 aromatic carbocycles. The predicted molar refractivity (Wildman–Crippen MR) is 92.6 cm³/mol. The zero-order valence-electron chi connectivity index (χ0n) is 14.1. The molecular formula is C16H27N5OS. The highest BCUT2D eigenvalue weighted by atomic mass is 32.1. The van der Waals surface area contributed by atoms with Gasteiger partial charge in [-0.25, -0.2) is 4.98 Å². The molecule has 2 unspecified atom stereocenters. The quantitative estimate of drug-likeness (QED) is 0.908. The van der Waals surface area contributed by atoms with Crippen LogP contribution in [-0.4, -0.2) is 51.9 Å². The molecule has 1 saturated carbocycles. The number of anilines is 1. The van der Waals surface area contributed by atoms with Gasteiger partial charge in [0.2, 0.25) is 11.0 Å². The minimum atomic E-state index is -0.346. The highest BCUT2D eigenvalue weighted by Gasteiger charge is 2.40. The smallest absolute Gasteiger partial charge is 0.227 e. The van der Waals surface area contributed by atoms with Gasteiger partial charge in [0.05, 0.1) is 5.92 Å². The molecule has 1 aliphatic heterocycles. The van der Waals surface area contributed by atoms with Crippen LogP contribution >= 0.6 is 11.5 Å². The summed E-state index contributed by atoms with van der Waals surface area (Å²) in [6.45, 7) is 7.28. The first kappa shape index (κ1) is 16.6. The Hall–Kier alpha value is -1.21. The Bertz CT molecular complexity index is 550. The number of nitrogens with two attached hydrogens (primary N) is 1. The third-order valence-corrected chi connectivity index (χ3v) is 6.00.